The molecule has 0 fully saturated rings. The molecule has 1 N–H and O–H groups in total. The normalized spacial score (nSPS) is 10.1. The highest BCUT2D eigenvalue weighted by Crippen LogP contribution is 2.19. The molecule has 2 aromatic rings. The molecule has 1 aromatic carbocycles. The molecule has 1 aromatic heterocycles. The zero-order valence-electron chi connectivity index (χ0n) is 9.27. The Morgan fingerprint density at radius 1 is 1.33 bits per heavy atom. The number of nitriles is 1. The highest BCUT2D eigenvalue weighted by molar-refractivity contribution is 5.49. The van der Waals surface area contributed by atoms with Crippen LogP contribution in [0.25, 0.3) is 0 Å². The summed E-state index contributed by atoms with van der Waals surface area (Å²) in [5.41, 5.74) is -0.291. The van der Waals surface area contributed by atoms with E-state index in [-0.39, 0.29) is 11.3 Å². The number of aromatic nitrogens is 3. The van der Waals surface area contributed by atoms with Crippen LogP contribution in [0.4, 0.5) is 14.5 Å². The first-order valence-electron chi connectivity index (χ1n) is 5.18. The molecule has 7 heteroatoms. The van der Waals surface area contributed by atoms with Crippen LogP contribution >= 0.6 is 0 Å². The Balaban J connectivity index is 2.02. The fourth-order valence-electron chi connectivity index (χ4n) is 1.43. The first kappa shape index (κ1) is 12.0. The van der Waals surface area contributed by atoms with E-state index in [2.05, 4.69) is 15.6 Å². The lowest BCUT2D eigenvalue weighted by Crippen LogP contribution is -2.12. The molecular formula is C11H9F2N5. The molecule has 18 heavy (non-hydrogen) atoms. The lowest BCUT2D eigenvalue weighted by Gasteiger charge is -2.08. The van der Waals surface area contributed by atoms with Gasteiger partial charge in [-0.05, 0) is 12.1 Å². The predicted octanol–water partition coefficient (Wildman–Crippen LogP) is 1.54. The Morgan fingerprint density at radius 2 is 2.17 bits per heavy atom. The van der Waals surface area contributed by atoms with Crippen molar-refractivity contribution in [2.24, 2.45) is 0 Å². The molecule has 0 aliphatic carbocycles. The number of hydrogen-bond acceptors (Lipinski definition) is 4. The van der Waals surface area contributed by atoms with E-state index in [1.54, 1.807) is 16.9 Å². The van der Waals surface area contributed by atoms with Crippen LogP contribution in [0, 0.1) is 23.0 Å². The smallest absolute Gasteiger partial charge is 0.183 e. The number of benzene rings is 1. The van der Waals surface area contributed by atoms with Gasteiger partial charge >= 0.3 is 0 Å². The number of nitrogens with zero attached hydrogens (tertiary/aromatic N) is 4. The molecule has 0 aliphatic heterocycles. The maximum atomic E-state index is 13.5. The summed E-state index contributed by atoms with van der Waals surface area (Å²) < 4.78 is 28.4. The third-order valence-corrected chi connectivity index (χ3v) is 2.33. The Labute approximate surface area is 102 Å². The van der Waals surface area contributed by atoms with Gasteiger partial charge in [0.1, 0.15) is 6.07 Å². The summed E-state index contributed by atoms with van der Waals surface area (Å²) in [7, 11) is 0. The molecule has 0 spiro atoms. The van der Waals surface area contributed by atoms with Gasteiger partial charge in [-0.1, -0.05) is 5.21 Å². The molecule has 1 heterocycles. The summed E-state index contributed by atoms with van der Waals surface area (Å²) >= 11 is 0. The molecule has 0 atom stereocenters. The monoisotopic (exact) mass is 249 g/mol. The first-order valence-corrected chi connectivity index (χ1v) is 5.18. The number of hydrogen-bond donors (Lipinski definition) is 1. The topological polar surface area (TPSA) is 66.5 Å². The van der Waals surface area contributed by atoms with E-state index < -0.39 is 11.6 Å². The van der Waals surface area contributed by atoms with Crippen molar-refractivity contribution >= 4 is 5.69 Å². The fraction of sp³-hybridized carbons (Fsp3) is 0.182. The average Bonchev–Trinajstić information content (AvgIpc) is 2.88. The minimum atomic E-state index is -1.14. The van der Waals surface area contributed by atoms with Gasteiger partial charge in [-0.15, -0.1) is 5.10 Å². The van der Waals surface area contributed by atoms with E-state index in [4.69, 9.17) is 5.26 Å². The highest BCUT2D eigenvalue weighted by Gasteiger charge is 2.12. The van der Waals surface area contributed by atoms with Crippen LogP contribution in [0.3, 0.4) is 0 Å². The Kier molecular flexibility index (Phi) is 3.48. The van der Waals surface area contributed by atoms with Crippen LogP contribution in [0.15, 0.2) is 24.5 Å². The van der Waals surface area contributed by atoms with Crippen molar-refractivity contribution < 1.29 is 8.78 Å². The van der Waals surface area contributed by atoms with Crippen molar-refractivity contribution in [3.05, 3.63) is 41.7 Å². The Hall–Kier alpha value is -2.49. The van der Waals surface area contributed by atoms with Crippen LogP contribution in [0.5, 0.6) is 0 Å². The highest BCUT2D eigenvalue weighted by atomic mass is 19.2. The molecular weight excluding hydrogens is 240 g/mol. The number of anilines is 1. The largest absolute Gasteiger partial charge is 0.381 e. The van der Waals surface area contributed by atoms with Gasteiger partial charge in [0.15, 0.2) is 11.6 Å². The zero-order chi connectivity index (χ0) is 13.0. The quantitative estimate of drug-likeness (QED) is 0.892. The lowest BCUT2D eigenvalue weighted by molar-refractivity contribution is 0.507. The van der Waals surface area contributed by atoms with Crippen molar-refractivity contribution in [1.82, 2.24) is 15.0 Å². The summed E-state index contributed by atoms with van der Waals surface area (Å²) in [6, 6.07) is 4.14. The summed E-state index contributed by atoms with van der Waals surface area (Å²) in [4.78, 5) is 0. The maximum Gasteiger partial charge on any atom is 0.183 e. The van der Waals surface area contributed by atoms with E-state index in [0.29, 0.717) is 13.1 Å². The van der Waals surface area contributed by atoms with Gasteiger partial charge < -0.3 is 5.32 Å². The average molecular weight is 249 g/mol. The Bertz CT molecular complexity index is 574. The van der Waals surface area contributed by atoms with E-state index in [1.165, 1.54) is 18.3 Å². The molecule has 0 radical (unpaired) electrons. The molecule has 0 saturated carbocycles. The second kappa shape index (κ2) is 5.23. The molecule has 92 valence electrons. The fourth-order valence-corrected chi connectivity index (χ4v) is 1.43. The van der Waals surface area contributed by atoms with E-state index in [9.17, 15) is 8.78 Å². The predicted molar refractivity (Wildman–Crippen MR) is 59.6 cm³/mol. The lowest BCUT2D eigenvalue weighted by atomic mass is 10.2. The van der Waals surface area contributed by atoms with Crippen molar-refractivity contribution in [2.45, 2.75) is 6.54 Å². The van der Waals surface area contributed by atoms with E-state index >= 15 is 0 Å². The third kappa shape index (κ3) is 2.43. The van der Waals surface area contributed by atoms with Crippen LogP contribution in [0.1, 0.15) is 5.56 Å². The van der Waals surface area contributed by atoms with Crippen LogP contribution in [-0.2, 0) is 6.54 Å². The molecule has 0 bridgehead atoms. The molecule has 0 amide bonds. The van der Waals surface area contributed by atoms with Crippen LogP contribution < -0.4 is 5.32 Å². The molecule has 2 rings (SSSR count). The summed E-state index contributed by atoms with van der Waals surface area (Å²) in [6.07, 6.45) is 3.19. The molecule has 0 unspecified atom stereocenters. The van der Waals surface area contributed by atoms with Gasteiger partial charge in [0.05, 0.1) is 24.0 Å². The SMILES string of the molecule is N#Cc1ccc(NCCn2ccnn2)c(F)c1F. The van der Waals surface area contributed by atoms with Crippen molar-refractivity contribution in [1.29, 1.82) is 5.26 Å². The van der Waals surface area contributed by atoms with Gasteiger partial charge in [0.2, 0.25) is 0 Å². The standard InChI is InChI=1S/C11H9F2N5/c12-10-8(7-14)1-2-9(11(10)13)15-3-5-18-6-4-16-17-18/h1-2,4,6,15H,3,5H2. The second-order valence-electron chi connectivity index (χ2n) is 3.49. The van der Waals surface area contributed by atoms with Crippen LogP contribution in [-0.4, -0.2) is 21.5 Å². The summed E-state index contributed by atoms with van der Waals surface area (Å²) in [5, 5.41) is 18.6. The summed E-state index contributed by atoms with van der Waals surface area (Å²) in [5.74, 6) is -2.18. The summed E-state index contributed by atoms with van der Waals surface area (Å²) in [6.45, 7) is 0.840. The molecule has 5 nitrogen and oxygen atoms in total. The zero-order valence-corrected chi connectivity index (χ0v) is 9.27. The second-order valence-corrected chi connectivity index (χ2v) is 3.49. The first-order chi connectivity index (χ1) is 8.72. The number of rotatable bonds is 4. The number of halogens is 2. The van der Waals surface area contributed by atoms with Gasteiger partial charge in [-0.25, -0.2) is 8.78 Å². The van der Waals surface area contributed by atoms with Gasteiger partial charge in [-0.2, -0.15) is 5.26 Å². The van der Waals surface area contributed by atoms with Crippen LogP contribution in [0.2, 0.25) is 0 Å². The van der Waals surface area contributed by atoms with Crippen molar-refractivity contribution in [2.75, 3.05) is 11.9 Å². The third-order valence-electron chi connectivity index (χ3n) is 2.33. The number of nitrogens with one attached hydrogen (secondary N) is 1. The minimum Gasteiger partial charge on any atom is -0.381 e. The van der Waals surface area contributed by atoms with Gasteiger partial charge in [0.25, 0.3) is 0 Å². The van der Waals surface area contributed by atoms with Gasteiger partial charge in [0, 0.05) is 12.7 Å². The van der Waals surface area contributed by atoms with E-state index in [0.717, 1.165) is 0 Å². The van der Waals surface area contributed by atoms with E-state index in [1.807, 2.05) is 0 Å². The minimum absolute atomic E-state index is 0.0200. The van der Waals surface area contributed by atoms with Gasteiger partial charge in [-0.3, -0.25) is 4.68 Å². The molecule has 0 saturated heterocycles. The molecule has 0 aliphatic rings. The van der Waals surface area contributed by atoms with Crippen molar-refractivity contribution in [3.63, 3.8) is 0 Å². The maximum absolute atomic E-state index is 13.5. The Morgan fingerprint density at radius 3 is 2.83 bits per heavy atom. The van der Waals surface area contributed by atoms with Crippen molar-refractivity contribution in [3.8, 4) is 6.07 Å².